The Morgan fingerprint density at radius 1 is 1.32 bits per heavy atom. The lowest BCUT2D eigenvalue weighted by atomic mass is 9.99. The second-order valence-corrected chi connectivity index (χ2v) is 12.5. The van der Waals surface area contributed by atoms with E-state index in [0.29, 0.717) is 5.57 Å². The minimum Gasteiger partial charge on any atom is -0.508 e. The number of β-lactam (4-membered cyclic amide) rings is 1. The zero-order valence-corrected chi connectivity index (χ0v) is 22.1. The number of carboxylic acid groups (broad SMARTS) is 1. The number of sulfonamides is 1. The van der Waals surface area contributed by atoms with Crippen molar-refractivity contribution in [2.75, 3.05) is 18.6 Å². The maximum absolute atomic E-state index is 13.0. The summed E-state index contributed by atoms with van der Waals surface area (Å²) in [6.07, 6.45) is -0.420. The van der Waals surface area contributed by atoms with Crippen LogP contribution in [0.2, 0.25) is 0 Å². The second-order valence-electron chi connectivity index (χ2n) is 8.34. The van der Waals surface area contributed by atoms with Gasteiger partial charge in [-0.25, -0.2) is 23.0 Å². The zero-order chi connectivity index (χ0) is 27.6. The average Bonchev–Trinajstić information content (AvgIpc) is 3.38. The number of hydrogen-bond donors (Lipinski definition) is 6. The highest BCUT2D eigenvalue weighted by atomic mass is 32.2. The summed E-state index contributed by atoms with van der Waals surface area (Å²) < 4.78 is 25.4. The molecule has 38 heavy (non-hydrogen) atoms. The molecule has 1 fully saturated rings. The molecule has 3 heterocycles. The number of carbonyl (C=O) groups is 3. The van der Waals surface area contributed by atoms with Crippen LogP contribution in [0.4, 0.5) is 0 Å². The number of aliphatic carboxylic acids is 1. The topological polar surface area (TPSA) is 228 Å². The summed E-state index contributed by atoms with van der Waals surface area (Å²) >= 11 is 2.32. The molecule has 0 spiro atoms. The van der Waals surface area contributed by atoms with Crippen LogP contribution in [-0.2, 0) is 24.4 Å². The number of H-pyrrole nitrogens is 1. The van der Waals surface area contributed by atoms with Crippen molar-refractivity contribution in [3.05, 3.63) is 41.1 Å². The van der Waals surface area contributed by atoms with E-state index in [-0.39, 0.29) is 40.9 Å². The van der Waals surface area contributed by atoms with Gasteiger partial charge in [-0.1, -0.05) is 23.9 Å². The van der Waals surface area contributed by atoms with Crippen LogP contribution in [-0.4, -0.2) is 102 Å². The first-order valence-electron chi connectivity index (χ1n) is 11.0. The second kappa shape index (κ2) is 11.3. The van der Waals surface area contributed by atoms with E-state index in [9.17, 15) is 38.1 Å². The smallest absolute Gasteiger partial charge is 0.352 e. The molecule has 2 unspecified atom stereocenters. The Kier molecular flexibility index (Phi) is 8.26. The Balaban J connectivity index is 1.53. The standard InChI is InChI=1S/C20H23N7O8S3/c1-38(34,35)21-7-6-12(37-20-23-25-26-24-20)11-8-36-18-13(17(31)27(18)14(11)19(32)33)22-16(30)15(29)9-2-4-10(28)5-3-9/h2-5,12-13,15,18,21,28-29H,6-8H2,1H3,(H,22,30)(H,32,33)(H,23,24,25,26)/t12?,13-,15?,18+/m1/s1. The molecule has 1 aromatic heterocycles. The van der Waals surface area contributed by atoms with Crippen molar-refractivity contribution in [3.63, 3.8) is 0 Å². The average molecular weight is 586 g/mol. The summed E-state index contributed by atoms with van der Waals surface area (Å²) in [5, 5.41) is 44.5. The lowest BCUT2D eigenvalue weighted by Crippen LogP contribution is -2.71. The number of rotatable bonds is 11. The molecule has 4 atom stereocenters. The fourth-order valence-corrected chi connectivity index (χ4v) is 6.98. The number of nitrogens with zero attached hydrogens (tertiary/aromatic N) is 4. The van der Waals surface area contributed by atoms with Crippen molar-refractivity contribution in [1.82, 2.24) is 35.6 Å². The fraction of sp³-hybridized carbons (Fsp3) is 0.400. The van der Waals surface area contributed by atoms with Gasteiger partial charge in [-0.3, -0.25) is 14.5 Å². The largest absolute Gasteiger partial charge is 0.508 e. The number of phenolic OH excluding ortho intramolecular Hbond substituents is 1. The Morgan fingerprint density at radius 2 is 2.03 bits per heavy atom. The van der Waals surface area contributed by atoms with Crippen molar-refractivity contribution in [3.8, 4) is 5.75 Å². The van der Waals surface area contributed by atoms with Crippen LogP contribution in [0.25, 0.3) is 0 Å². The Bertz CT molecular complexity index is 1350. The van der Waals surface area contributed by atoms with Crippen molar-refractivity contribution >= 4 is 51.3 Å². The molecule has 2 aromatic rings. The minimum atomic E-state index is -3.49. The molecule has 2 aliphatic heterocycles. The van der Waals surface area contributed by atoms with Gasteiger partial charge in [-0.2, -0.15) is 0 Å². The normalized spacial score (nSPS) is 20.9. The third-order valence-electron chi connectivity index (χ3n) is 5.69. The number of thioether (sulfide) groups is 2. The van der Waals surface area contributed by atoms with Crippen LogP contribution < -0.4 is 10.0 Å². The molecule has 1 aromatic carbocycles. The van der Waals surface area contributed by atoms with Crippen LogP contribution in [0.15, 0.2) is 40.7 Å². The van der Waals surface area contributed by atoms with E-state index >= 15 is 0 Å². The number of aliphatic hydroxyl groups excluding tert-OH is 1. The van der Waals surface area contributed by atoms with Gasteiger partial charge in [-0.05, 0) is 40.1 Å². The zero-order valence-electron chi connectivity index (χ0n) is 19.6. The monoisotopic (exact) mass is 585 g/mol. The van der Waals surface area contributed by atoms with Crippen LogP contribution in [0.3, 0.4) is 0 Å². The first-order valence-corrected chi connectivity index (χ1v) is 14.8. The van der Waals surface area contributed by atoms with Crippen molar-refractivity contribution in [2.45, 2.75) is 34.3 Å². The lowest BCUT2D eigenvalue weighted by molar-refractivity contribution is -0.151. The lowest BCUT2D eigenvalue weighted by Gasteiger charge is -2.50. The van der Waals surface area contributed by atoms with E-state index in [1.165, 1.54) is 36.0 Å². The van der Waals surface area contributed by atoms with Crippen LogP contribution in [0, 0.1) is 0 Å². The summed E-state index contributed by atoms with van der Waals surface area (Å²) in [7, 11) is -3.49. The third kappa shape index (κ3) is 6.09. The van der Waals surface area contributed by atoms with Crippen molar-refractivity contribution < 1.29 is 38.1 Å². The molecular weight excluding hydrogens is 562 g/mol. The molecule has 0 saturated carbocycles. The number of hydrogen-bond acceptors (Lipinski definition) is 12. The maximum atomic E-state index is 13.0. The van der Waals surface area contributed by atoms with Gasteiger partial charge >= 0.3 is 5.97 Å². The van der Waals surface area contributed by atoms with E-state index < -0.39 is 50.6 Å². The predicted octanol–water partition coefficient (Wildman–Crippen LogP) is -1.22. The van der Waals surface area contributed by atoms with Gasteiger partial charge in [0.25, 0.3) is 11.8 Å². The number of tetrazole rings is 1. The first kappa shape index (κ1) is 27.8. The molecule has 2 aliphatic rings. The number of nitrogens with one attached hydrogen (secondary N) is 3. The highest BCUT2D eigenvalue weighted by molar-refractivity contribution is 8.01. The quantitative estimate of drug-likeness (QED) is 0.134. The van der Waals surface area contributed by atoms with E-state index in [0.717, 1.165) is 22.9 Å². The molecule has 204 valence electrons. The minimum absolute atomic E-state index is 0.00430. The van der Waals surface area contributed by atoms with Crippen LogP contribution in [0.1, 0.15) is 18.1 Å². The summed E-state index contributed by atoms with van der Waals surface area (Å²) in [6, 6.07) is 4.27. The molecule has 18 heteroatoms. The van der Waals surface area contributed by atoms with Gasteiger partial charge < -0.3 is 20.6 Å². The van der Waals surface area contributed by atoms with Gasteiger partial charge in [-0.15, -0.1) is 16.9 Å². The molecule has 6 N–H and O–H groups in total. The van der Waals surface area contributed by atoms with Gasteiger partial charge in [0.2, 0.25) is 15.2 Å². The number of aromatic hydroxyl groups is 1. The molecule has 1 saturated heterocycles. The predicted molar refractivity (Wildman–Crippen MR) is 134 cm³/mol. The van der Waals surface area contributed by atoms with E-state index in [2.05, 4.69) is 30.7 Å². The number of aromatic amines is 1. The molecular formula is C20H23N7O8S3. The number of amides is 2. The Morgan fingerprint density at radius 3 is 2.63 bits per heavy atom. The summed E-state index contributed by atoms with van der Waals surface area (Å²) in [4.78, 5) is 39.0. The summed E-state index contributed by atoms with van der Waals surface area (Å²) in [5.74, 6) is -2.75. The number of aliphatic hydroxyl groups is 1. The molecule has 4 rings (SSSR count). The highest BCUT2D eigenvalue weighted by Crippen LogP contribution is 2.44. The summed E-state index contributed by atoms with van der Waals surface area (Å²) in [6.45, 7) is 0.00430. The van der Waals surface area contributed by atoms with Crippen molar-refractivity contribution in [2.24, 2.45) is 0 Å². The summed E-state index contributed by atoms with van der Waals surface area (Å²) in [5.41, 5.74) is 0.323. The van der Waals surface area contributed by atoms with Gasteiger partial charge in [0.15, 0.2) is 6.10 Å². The maximum Gasteiger partial charge on any atom is 0.352 e. The van der Waals surface area contributed by atoms with Crippen LogP contribution in [0.5, 0.6) is 5.75 Å². The van der Waals surface area contributed by atoms with E-state index in [4.69, 9.17) is 0 Å². The SMILES string of the molecule is CS(=O)(=O)NCCC(Sc1nnn[nH]1)C1=C(C(=O)O)N2C(=O)[C@@H](NC(=O)C(O)c3ccc(O)cc3)[C@@H]2SC1. The Hall–Kier alpha value is -3.19. The Labute approximate surface area is 224 Å². The van der Waals surface area contributed by atoms with Gasteiger partial charge in [0, 0.05) is 17.5 Å². The van der Waals surface area contributed by atoms with Gasteiger partial charge in [0.1, 0.15) is 22.9 Å². The highest BCUT2D eigenvalue weighted by Gasteiger charge is 2.55. The number of carboxylic acids is 1. The molecule has 0 aliphatic carbocycles. The van der Waals surface area contributed by atoms with E-state index in [1.54, 1.807) is 0 Å². The molecule has 2 amide bonds. The van der Waals surface area contributed by atoms with Crippen molar-refractivity contribution in [1.29, 1.82) is 0 Å². The number of aromatic nitrogens is 4. The third-order valence-corrected chi connectivity index (χ3v) is 8.93. The number of phenols is 1. The molecule has 0 bridgehead atoms. The number of carbonyl (C=O) groups excluding carboxylic acids is 2. The number of fused-ring (bicyclic) bond motifs is 1. The fourth-order valence-electron chi connectivity index (χ4n) is 3.94. The molecule has 0 radical (unpaired) electrons. The van der Waals surface area contributed by atoms with E-state index in [1.807, 2.05) is 0 Å². The van der Waals surface area contributed by atoms with Crippen LogP contribution >= 0.6 is 23.5 Å². The first-order chi connectivity index (χ1) is 18.0. The molecule has 15 nitrogen and oxygen atoms in total. The van der Waals surface area contributed by atoms with Gasteiger partial charge in [0.05, 0.1) is 6.26 Å². The number of benzene rings is 1.